The van der Waals surface area contributed by atoms with Crippen LogP contribution in [-0.4, -0.2) is 30.6 Å². The van der Waals surface area contributed by atoms with Crippen LogP contribution in [0.25, 0.3) is 0 Å². The minimum atomic E-state index is 0.0331. The monoisotopic (exact) mass is 261 g/mol. The number of nitrogens with two attached hydrogens (primary N) is 1. The Hall–Kier alpha value is -1.55. The number of urea groups is 1. The van der Waals surface area contributed by atoms with E-state index in [1.165, 1.54) is 0 Å². The molecule has 19 heavy (non-hydrogen) atoms. The Bertz CT molecular complexity index is 443. The SMILES string of the molecule is CCN(CC)C(=O)N1CCCC(N)c2ccccc21. The van der Waals surface area contributed by atoms with Crippen LogP contribution in [0.1, 0.15) is 38.3 Å². The summed E-state index contributed by atoms with van der Waals surface area (Å²) in [7, 11) is 0. The average molecular weight is 261 g/mol. The van der Waals surface area contributed by atoms with Crippen molar-refractivity contribution in [2.45, 2.75) is 32.7 Å². The Balaban J connectivity index is 2.35. The van der Waals surface area contributed by atoms with Crippen molar-refractivity contribution in [3.05, 3.63) is 29.8 Å². The van der Waals surface area contributed by atoms with Gasteiger partial charge >= 0.3 is 6.03 Å². The molecule has 1 heterocycles. The highest BCUT2D eigenvalue weighted by Gasteiger charge is 2.26. The second kappa shape index (κ2) is 6.06. The van der Waals surface area contributed by atoms with Gasteiger partial charge in [0.1, 0.15) is 0 Å². The number of fused-ring (bicyclic) bond motifs is 1. The summed E-state index contributed by atoms with van der Waals surface area (Å²) >= 11 is 0. The Morgan fingerprint density at radius 2 is 2.05 bits per heavy atom. The molecule has 0 saturated heterocycles. The van der Waals surface area contributed by atoms with E-state index in [1.54, 1.807) is 0 Å². The molecule has 1 unspecified atom stereocenters. The predicted molar refractivity (Wildman–Crippen MR) is 78.3 cm³/mol. The molecule has 1 atom stereocenters. The first-order valence-corrected chi connectivity index (χ1v) is 7.10. The second-order valence-electron chi connectivity index (χ2n) is 4.91. The zero-order valence-corrected chi connectivity index (χ0v) is 11.8. The Morgan fingerprint density at radius 1 is 1.37 bits per heavy atom. The molecule has 2 rings (SSSR count). The highest BCUT2D eigenvalue weighted by Crippen LogP contribution is 2.31. The molecule has 4 nitrogen and oxygen atoms in total. The van der Waals surface area contributed by atoms with Gasteiger partial charge < -0.3 is 10.6 Å². The Kier molecular flexibility index (Phi) is 4.43. The third-order valence-electron chi connectivity index (χ3n) is 3.79. The van der Waals surface area contributed by atoms with E-state index in [-0.39, 0.29) is 12.1 Å². The molecule has 0 spiro atoms. The molecule has 0 aliphatic carbocycles. The molecule has 1 aliphatic rings. The van der Waals surface area contributed by atoms with Gasteiger partial charge in [-0.3, -0.25) is 4.90 Å². The van der Waals surface area contributed by atoms with Gasteiger partial charge in [0.25, 0.3) is 0 Å². The van der Waals surface area contributed by atoms with Crippen LogP contribution in [0.3, 0.4) is 0 Å². The summed E-state index contributed by atoms with van der Waals surface area (Å²) in [4.78, 5) is 16.3. The summed E-state index contributed by atoms with van der Waals surface area (Å²) in [6.07, 6.45) is 1.88. The lowest BCUT2D eigenvalue weighted by Gasteiger charge is -2.29. The number of amides is 2. The van der Waals surface area contributed by atoms with Gasteiger partial charge in [0.2, 0.25) is 0 Å². The fourth-order valence-corrected chi connectivity index (χ4v) is 2.66. The normalized spacial score (nSPS) is 18.7. The molecular weight excluding hydrogens is 238 g/mol. The van der Waals surface area contributed by atoms with E-state index in [0.29, 0.717) is 0 Å². The second-order valence-corrected chi connectivity index (χ2v) is 4.91. The first-order chi connectivity index (χ1) is 9.19. The fraction of sp³-hybridized carbons (Fsp3) is 0.533. The van der Waals surface area contributed by atoms with Gasteiger partial charge in [-0.2, -0.15) is 0 Å². The van der Waals surface area contributed by atoms with Crippen molar-refractivity contribution in [2.24, 2.45) is 5.73 Å². The van der Waals surface area contributed by atoms with E-state index >= 15 is 0 Å². The maximum absolute atomic E-state index is 12.6. The fourth-order valence-electron chi connectivity index (χ4n) is 2.66. The number of para-hydroxylation sites is 1. The van der Waals surface area contributed by atoms with Gasteiger partial charge in [0, 0.05) is 25.7 Å². The van der Waals surface area contributed by atoms with Gasteiger partial charge in [-0.15, -0.1) is 0 Å². The van der Waals surface area contributed by atoms with Crippen LogP contribution in [-0.2, 0) is 0 Å². The van der Waals surface area contributed by atoms with Crippen LogP contribution in [0.2, 0.25) is 0 Å². The number of rotatable bonds is 2. The minimum absolute atomic E-state index is 0.0331. The van der Waals surface area contributed by atoms with Crippen LogP contribution < -0.4 is 10.6 Å². The topological polar surface area (TPSA) is 49.6 Å². The summed E-state index contributed by atoms with van der Waals surface area (Å²) in [5.74, 6) is 0. The largest absolute Gasteiger partial charge is 0.325 e. The zero-order chi connectivity index (χ0) is 13.8. The maximum atomic E-state index is 12.6. The Labute approximate surface area is 115 Å². The molecule has 2 amide bonds. The number of anilines is 1. The van der Waals surface area contributed by atoms with Crippen LogP contribution in [0.15, 0.2) is 24.3 Å². The molecule has 0 radical (unpaired) electrons. The summed E-state index contributed by atoms with van der Waals surface area (Å²) in [5.41, 5.74) is 8.26. The standard InChI is InChI=1S/C15H23N3O/c1-3-17(4-2)15(19)18-11-7-9-13(16)12-8-5-6-10-14(12)18/h5-6,8,10,13H,3-4,7,9,11,16H2,1-2H3. The highest BCUT2D eigenvalue weighted by molar-refractivity contribution is 5.93. The molecule has 1 aromatic rings. The third-order valence-corrected chi connectivity index (χ3v) is 3.79. The number of benzene rings is 1. The van der Waals surface area contributed by atoms with Gasteiger partial charge in [-0.1, -0.05) is 18.2 Å². The van der Waals surface area contributed by atoms with Gasteiger partial charge in [-0.05, 0) is 38.3 Å². The lowest BCUT2D eigenvalue weighted by Crippen LogP contribution is -2.43. The molecule has 0 bridgehead atoms. The minimum Gasteiger partial charge on any atom is -0.325 e. The van der Waals surface area contributed by atoms with E-state index in [9.17, 15) is 4.79 Å². The maximum Gasteiger partial charge on any atom is 0.324 e. The molecule has 104 valence electrons. The molecule has 2 N–H and O–H groups in total. The van der Waals surface area contributed by atoms with Crippen molar-refractivity contribution in [3.8, 4) is 0 Å². The molecule has 0 saturated carbocycles. The summed E-state index contributed by atoms with van der Waals surface area (Å²) in [5, 5.41) is 0. The van der Waals surface area contributed by atoms with Crippen molar-refractivity contribution in [1.82, 2.24) is 4.90 Å². The molecule has 1 aromatic carbocycles. The molecule has 1 aliphatic heterocycles. The first-order valence-electron chi connectivity index (χ1n) is 7.10. The third kappa shape index (κ3) is 2.73. The molecule has 0 aromatic heterocycles. The lowest BCUT2D eigenvalue weighted by atomic mass is 10.0. The van der Waals surface area contributed by atoms with Crippen molar-refractivity contribution in [3.63, 3.8) is 0 Å². The van der Waals surface area contributed by atoms with Crippen LogP contribution in [0.5, 0.6) is 0 Å². The summed E-state index contributed by atoms with van der Waals surface area (Å²) in [6, 6.07) is 8.12. The van der Waals surface area contributed by atoms with Gasteiger partial charge in [0.05, 0.1) is 5.69 Å². The van der Waals surface area contributed by atoms with Crippen LogP contribution >= 0.6 is 0 Å². The highest BCUT2D eigenvalue weighted by atomic mass is 16.2. The van der Waals surface area contributed by atoms with Gasteiger partial charge in [-0.25, -0.2) is 4.79 Å². The lowest BCUT2D eigenvalue weighted by molar-refractivity contribution is 0.210. The van der Waals surface area contributed by atoms with Crippen LogP contribution in [0, 0.1) is 0 Å². The van der Waals surface area contributed by atoms with E-state index < -0.39 is 0 Å². The average Bonchev–Trinajstić information content (AvgIpc) is 2.60. The van der Waals surface area contributed by atoms with Crippen LogP contribution in [0.4, 0.5) is 10.5 Å². The first kappa shape index (κ1) is 13.9. The van der Waals surface area contributed by atoms with Crippen molar-refractivity contribution in [1.29, 1.82) is 0 Å². The van der Waals surface area contributed by atoms with E-state index in [1.807, 2.05) is 47.9 Å². The summed E-state index contributed by atoms with van der Waals surface area (Å²) < 4.78 is 0. The van der Waals surface area contributed by atoms with E-state index in [0.717, 1.165) is 43.7 Å². The van der Waals surface area contributed by atoms with E-state index in [4.69, 9.17) is 5.73 Å². The number of nitrogens with zero attached hydrogens (tertiary/aromatic N) is 2. The van der Waals surface area contributed by atoms with E-state index in [2.05, 4.69) is 0 Å². The molecule has 4 heteroatoms. The molecule has 0 fully saturated rings. The van der Waals surface area contributed by atoms with Gasteiger partial charge in [0.15, 0.2) is 0 Å². The molecular formula is C15H23N3O. The van der Waals surface area contributed by atoms with Crippen molar-refractivity contribution >= 4 is 11.7 Å². The van der Waals surface area contributed by atoms with Crippen molar-refractivity contribution in [2.75, 3.05) is 24.5 Å². The number of carbonyl (C=O) groups is 1. The number of carbonyl (C=O) groups excluding carboxylic acids is 1. The van der Waals surface area contributed by atoms with Crippen molar-refractivity contribution < 1.29 is 4.79 Å². The smallest absolute Gasteiger partial charge is 0.324 e. The zero-order valence-electron chi connectivity index (χ0n) is 11.8. The Morgan fingerprint density at radius 3 is 2.74 bits per heavy atom. The quantitative estimate of drug-likeness (QED) is 0.890. The predicted octanol–water partition coefficient (Wildman–Crippen LogP) is 2.75. The summed E-state index contributed by atoms with van der Waals surface area (Å²) in [6.45, 7) is 6.24. The number of hydrogen-bond donors (Lipinski definition) is 1. The number of hydrogen-bond acceptors (Lipinski definition) is 2.